The third kappa shape index (κ3) is 3.50. The molecule has 0 saturated carbocycles. The number of benzene rings is 2. The molecule has 0 aromatic heterocycles. The second-order valence-corrected chi connectivity index (χ2v) is 5.31. The van der Waals surface area contributed by atoms with Crippen LogP contribution in [0, 0.1) is 20.8 Å². The Labute approximate surface area is 128 Å². The maximum absolute atomic E-state index is 12.1. The van der Waals surface area contributed by atoms with Gasteiger partial charge in [0.15, 0.2) is 0 Å². The third-order valence-corrected chi connectivity index (χ3v) is 3.39. The minimum absolute atomic E-state index is 0.391. The van der Waals surface area contributed by atoms with Gasteiger partial charge in [-0.25, -0.2) is 4.79 Å². The number of ether oxygens (including phenoxy) is 1. The molecule has 0 aliphatic heterocycles. The molecule has 0 heterocycles. The molecule has 0 bridgehead atoms. The number of aryl methyl sites for hydroxylation is 3. The summed E-state index contributed by atoms with van der Waals surface area (Å²) in [5.74, 6) is 0.0355. The number of carbonyl (C=O) groups is 2. The van der Waals surface area contributed by atoms with Crippen LogP contribution in [0.15, 0.2) is 36.4 Å². The van der Waals surface area contributed by atoms with Crippen molar-refractivity contribution in [2.75, 3.05) is 0 Å². The molecule has 0 aliphatic rings. The highest BCUT2D eigenvalue weighted by Gasteiger charge is 2.14. The lowest BCUT2D eigenvalue weighted by atomic mass is 10.1. The molecule has 0 radical (unpaired) electrons. The van der Waals surface area contributed by atoms with Crippen molar-refractivity contribution in [2.45, 2.75) is 20.8 Å². The zero-order valence-corrected chi connectivity index (χ0v) is 12.8. The minimum atomic E-state index is -0.530. The lowest BCUT2D eigenvalue weighted by Gasteiger charge is -2.11. The standard InChI is InChI=1S/C17H15ClO3/c1-10-4-6-13(7-5-10)17(20)21-15-11(2)8-14(16(18)19)9-12(15)3/h4-9H,1-3H3. The molecule has 3 nitrogen and oxygen atoms in total. The fraction of sp³-hybridized carbons (Fsp3) is 0.176. The van der Waals surface area contributed by atoms with Gasteiger partial charge in [-0.05, 0) is 67.8 Å². The molecule has 2 rings (SSSR count). The van der Waals surface area contributed by atoms with Crippen LogP contribution in [0.3, 0.4) is 0 Å². The Kier molecular flexibility index (Phi) is 4.43. The van der Waals surface area contributed by atoms with Crippen LogP contribution in [0.4, 0.5) is 0 Å². The third-order valence-electron chi connectivity index (χ3n) is 3.17. The first-order valence-corrected chi connectivity index (χ1v) is 6.86. The molecule has 0 spiro atoms. The summed E-state index contributed by atoms with van der Waals surface area (Å²) in [6.45, 7) is 5.49. The summed E-state index contributed by atoms with van der Waals surface area (Å²) in [4.78, 5) is 23.3. The van der Waals surface area contributed by atoms with Crippen molar-refractivity contribution in [1.82, 2.24) is 0 Å². The first-order chi connectivity index (χ1) is 9.88. The molecule has 108 valence electrons. The quantitative estimate of drug-likeness (QED) is 0.484. The van der Waals surface area contributed by atoms with Gasteiger partial charge in [-0.1, -0.05) is 17.7 Å². The molecule has 0 atom stereocenters. The van der Waals surface area contributed by atoms with Crippen molar-refractivity contribution >= 4 is 22.8 Å². The van der Waals surface area contributed by atoms with Crippen LogP contribution < -0.4 is 4.74 Å². The van der Waals surface area contributed by atoms with Gasteiger partial charge in [0, 0.05) is 5.56 Å². The summed E-state index contributed by atoms with van der Waals surface area (Å²) in [7, 11) is 0. The molecular weight excluding hydrogens is 288 g/mol. The largest absolute Gasteiger partial charge is 0.422 e. The van der Waals surface area contributed by atoms with Gasteiger partial charge >= 0.3 is 5.97 Å². The van der Waals surface area contributed by atoms with Crippen molar-refractivity contribution < 1.29 is 14.3 Å². The van der Waals surface area contributed by atoms with Crippen LogP contribution in [0.2, 0.25) is 0 Å². The summed E-state index contributed by atoms with van der Waals surface area (Å²) >= 11 is 5.47. The second kappa shape index (κ2) is 6.10. The van der Waals surface area contributed by atoms with E-state index in [1.807, 2.05) is 19.1 Å². The van der Waals surface area contributed by atoms with E-state index in [-0.39, 0.29) is 0 Å². The van der Waals surface area contributed by atoms with Crippen molar-refractivity contribution in [3.05, 3.63) is 64.2 Å². The molecule has 2 aromatic rings. The van der Waals surface area contributed by atoms with Gasteiger partial charge in [0.1, 0.15) is 5.75 Å². The summed E-state index contributed by atoms with van der Waals surface area (Å²) in [5, 5.41) is -0.530. The Bertz CT molecular complexity index is 679. The fourth-order valence-corrected chi connectivity index (χ4v) is 2.18. The van der Waals surface area contributed by atoms with Gasteiger partial charge in [0.25, 0.3) is 5.24 Å². The molecule has 0 fully saturated rings. The average molecular weight is 303 g/mol. The lowest BCUT2D eigenvalue weighted by molar-refractivity contribution is 0.0732. The Morgan fingerprint density at radius 1 is 0.905 bits per heavy atom. The molecule has 0 amide bonds. The summed E-state index contributed by atoms with van der Waals surface area (Å²) in [6.07, 6.45) is 0. The second-order valence-electron chi connectivity index (χ2n) is 4.97. The first kappa shape index (κ1) is 15.3. The van der Waals surface area contributed by atoms with Crippen LogP contribution in [-0.2, 0) is 0 Å². The summed E-state index contributed by atoms with van der Waals surface area (Å²) in [5.41, 5.74) is 3.33. The number of halogens is 1. The van der Waals surface area contributed by atoms with E-state index in [4.69, 9.17) is 16.3 Å². The highest BCUT2D eigenvalue weighted by atomic mass is 35.5. The van der Waals surface area contributed by atoms with E-state index < -0.39 is 11.2 Å². The van der Waals surface area contributed by atoms with Crippen LogP contribution >= 0.6 is 11.6 Å². The minimum Gasteiger partial charge on any atom is -0.422 e. The lowest BCUT2D eigenvalue weighted by Crippen LogP contribution is -2.10. The molecule has 0 unspecified atom stereocenters. The highest BCUT2D eigenvalue weighted by Crippen LogP contribution is 2.26. The maximum Gasteiger partial charge on any atom is 0.343 e. The number of esters is 1. The van der Waals surface area contributed by atoms with Gasteiger partial charge in [-0.15, -0.1) is 0 Å². The van der Waals surface area contributed by atoms with Crippen LogP contribution in [0.1, 0.15) is 37.4 Å². The predicted molar refractivity (Wildman–Crippen MR) is 82.2 cm³/mol. The van der Waals surface area contributed by atoms with Crippen molar-refractivity contribution in [2.24, 2.45) is 0 Å². The predicted octanol–water partition coefficient (Wildman–Crippen LogP) is 4.21. The summed E-state index contributed by atoms with van der Waals surface area (Å²) in [6, 6.07) is 10.4. The van der Waals surface area contributed by atoms with E-state index in [9.17, 15) is 9.59 Å². The Morgan fingerprint density at radius 2 is 1.43 bits per heavy atom. The molecular formula is C17H15ClO3. The number of rotatable bonds is 3. The number of hydrogen-bond acceptors (Lipinski definition) is 3. The summed E-state index contributed by atoms with van der Waals surface area (Å²) < 4.78 is 5.44. The maximum atomic E-state index is 12.1. The van der Waals surface area contributed by atoms with Gasteiger partial charge < -0.3 is 4.74 Å². The van der Waals surface area contributed by atoms with E-state index in [1.165, 1.54) is 0 Å². The van der Waals surface area contributed by atoms with Crippen LogP contribution in [0.25, 0.3) is 0 Å². The topological polar surface area (TPSA) is 43.4 Å². The first-order valence-electron chi connectivity index (χ1n) is 6.48. The zero-order chi connectivity index (χ0) is 15.6. The molecule has 0 aliphatic carbocycles. The van der Waals surface area contributed by atoms with Gasteiger partial charge in [-0.3, -0.25) is 4.79 Å². The normalized spacial score (nSPS) is 10.3. The van der Waals surface area contributed by atoms with E-state index in [0.29, 0.717) is 28.0 Å². The zero-order valence-electron chi connectivity index (χ0n) is 12.1. The molecule has 0 saturated heterocycles. The van der Waals surface area contributed by atoms with Crippen LogP contribution in [0.5, 0.6) is 5.75 Å². The fourth-order valence-electron chi connectivity index (χ4n) is 2.07. The van der Waals surface area contributed by atoms with E-state index >= 15 is 0 Å². The van der Waals surface area contributed by atoms with Gasteiger partial charge in [0.2, 0.25) is 0 Å². The average Bonchev–Trinajstić information content (AvgIpc) is 2.43. The van der Waals surface area contributed by atoms with E-state index in [1.54, 1.807) is 38.1 Å². The molecule has 21 heavy (non-hydrogen) atoms. The molecule has 4 heteroatoms. The van der Waals surface area contributed by atoms with Crippen LogP contribution in [-0.4, -0.2) is 11.2 Å². The SMILES string of the molecule is Cc1ccc(C(=O)Oc2c(C)cc(C(=O)Cl)cc2C)cc1. The van der Waals surface area contributed by atoms with E-state index in [2.05, 4.69) is 0 Å². The highest BCUT2D eigenvalue weighted by molar-refractivity contribution is 6.67. The molecule has 0 N–H and O–H groups in total. The van der Waals surface area contributed by atoms with Crippen molar-refractivity contribution in [3.63, 3.8) is 0 Å². The molecule has 2 aromatic carbocycles. The Hall–Kier alpha value is -2.13. The number of hydrogen-bond donors (Lipinski definition) is 0. The van der Waals surface area contributed by atoms with Gasteiger partial charge in [-0.2, -0.15) is 0 Å². The van der Waals surface area contributed by atoms with Crippen molar-refractivity contribution in [1.29, 1.82) is 0 Å². The van der Waals surface area contributed by atoms with Gasteiger partial charge in [0.05, 0.1) is 5.56 Å². The number of carbonyl (C=O) groups excluding carboxylic acids is 2. The van der Waals surface area contributed by atoms with Crippen molar-refractivity contribution in [3.8, 4) is 5.75 Å². The van der Waals surface area contributed by atoms with E-state index in [0.717, 1.165) is 5.56 Å². The Balaban J connectivity index is 2.29. The monoisotopic (exact) mass is 302 g/mol. The smallest absolute Gasteiger partial charge is 0.343 e. The Morgan fingerprint density at radius 3 is 1.90 bits per heavy atom.